The van der Waals surface area contributed by atoms with Gasteiger partial charge in [0.05, 0.1) is 0 Å². The van der Waals surface area contributed by atoms with Crippen LogP contribution in [0.25, 0.3) is 11.1 Å². The molecule has 2 amide bonds. The topological polar surface area (TPSA) is 92.9 Å². The number of carbonyl (C=O) groups excluding carboxylic acids is 1. The fraction of sp³-hybridized carbons (Fsp3) is 0.167. The molecule has 0 unspecified atom stereocenters. The van der Waals surface area contributed by atoms with E-state index in [1.807, 2.05) is 0 Å². The quantitative estimate of drug-likeness (QED) is 0.741. The first kappa shape index (κ1) is 15.2. The number of halogens is 3. The Morgan fingerprint density at radius 3 is 2.74 bits per heavy atom. The first-order valence-corrected chi connectivity index (χ1v) is 6.99. The van der Waals surface area contributed by atoms with Gasteiger partial charge in [0.15, 0.2) is 11.5 Å². The lowest BCUT2D eigenvalue weighted by atomic mass is 10.3. The highest BCUT2D eigenvalue weighted by atomic mass is 32.1. The Kier molecular flexibility index (Phi) is 3.64. The predicted molar refractivity (Wildman–Crippen MR) is 76.3 cm³/mol. The van der Waals surface area contributed by atoms with Crippen LogP contribution >= 0.6 is 11.3 Å². The van der Waals surface area contributed by atoms with Gasteiger partial charge in [0.1, 0.15) is 5.52 Å². The molecule has 3 aromatic rings. The molecule has 0 saturated carbocycles. The van der Waals surface area contributed by atoms with Gasteiger partial charge in [-0.3, -0.25) is 5.32 Å². The van der Waals surface area contributed by atoms with Crippen LogP contribution in [-0.2, 0) is 6.18 Å². The number of rotatable bonds is 2. The Labute approximate surface area is 130 Å². The predicted octanol–water partition coefficient (Wildman–Crippen LogP) is 3.65. The van der Waals surface area contributed by atoms with E-state index in [1.165, 1.54) is 0 Å². The van der Waals surface area contributed by atoms with Crippen molar-refractivity contribution in [1.82, 2.24) is 15.2 Å². The van der Waals surface area contributed by atoms with Crippen LogP contribution in [0, 0.1) is 6.92 Å². The Morgan fingerprint density at radius 2 is 2.04 bits per heavy atom. The molecule has 0 radical (unpaired) electrons. The van der Waals surface area contributed by atoms with Gasteiger partial charge in [0.25, 0.3) is 0 Å². The van der Waals surface area contributed by atoms with Crippen LogP contribution in [0.4, 0.5) is 28.8 Å². The molecule has 2 heterocycles. The Hall–Kier alpha value is -2.69. The minimum atomic E-state index is -4.59. The largest absolute Gasteiger partial charge is 0.445 e. The van der Waals surface area contributed by atoms with E-state index < -0.39 is 17.2 Å². The third-order valence-electron chi connectivity index (χ3n) is 2.64. The zero-order valence-electron chi connectivity index (χ0n) is 11.4. The van der Waals surface area contributed by atoms with Gasteiger partial charge in [-0.05, 0) is 18.2 Å². The fourth-order valence-electron chi connectivity index (χ4n) is 1.77. The summed E-state index contributed by atoms with van der Waals surface area (Å²) in [5.74, 6) is 0.482. The Bertz CT molecular complexity index is 873. The van der Waals surface area contributed by atoms with Crippen LogP contribution in [0.3, 0.4) is 0 Å². The molecule has 0 saturated heterocycles. The maximum absolute atomic E-state index is 12.4. The molecule has 11 heteroatoms. The molecule has 0 aliphatic carbocycles. The van der Waals surface area contributed by atoms with E-state index >= 15 is 0 Å². The summed E-state index contributed by atoms with van der Waals surface area (Å²) >= 11 is 0.238. The number of hydrogen-bond donors (Lipinski definition) is 2. The molecule has 1 aromatic carbocycles. The molecule has 0 bridgehead atoms. The molecule has 2 N–H and O–H groups in total. The molecule has 0 aliphatic rings. The van der Waals surface area contributed by atoms with Crippen molar-refractivity contribution in [2.24, 2.45) is 0 Å². The van der Waals surface area contributed by atoms with Crippen molar-refractivity contribution in [2.45, 2.75) is 13.1 Å². The van der Waals surface area contributed by atoms with Crippen LogP contribution in [0.2, 0.25) is 0 Å². The number of urea groups is 1. The van der Waals surface area contributed by atoms with Gasteiger partial charge in [-0.1, -0.05) is 11.3 Å². The number of oxazole rings is 1. The summed E-state index contributed by atoms with van der Waals surface area (Å²) < 4.78 is 42.5. The van der Waals surface area contributed by atoms with E-state index in [4.69, 9.17) is 4.42 Å². The molecule has 0 aliphatic heterocycles. The van der Waals surface area contributed by atoms with Crippen LogP contribution in [0.1, 0.15) is 10.9 Å². The maximum Gasteiger partial charge on any atom is 0.445 e. The van der Waals surface area contributed by atoms with Gasteiger partial charge in [-0.25, -0.2) is 9.78 Å². The number of alkyl halides is 3. The number of anilines is 2. The molecule has 2 aromatic heterocycles. The maximum atomic E-state index is 12.4. The van der Waals surface area contributed by atoms with Crippen molar-refractivity contribution in [1.29, 1.82) is 0 Å². The van der Waals surface area contributed by atoms with Crippen molar-refractivity contribution < 1.29 is 22.4 Å². The lowest BCUT2D eigenvalue weighted by molar-refractivity contribution is -0.138. The van der Waals surface area contributed by atoms with Gasteiger partial charge >= 0.3 is 12.2 Å². The normalized spacial score (nSPS) is 11.7. The van der Waals surface area contributed by atoms with Gasteiger partial charge < -0.3 is 9.73 Å². The lowest BCUT2D eigenvalue weighted by Gasteiger charge is -2.04. The number of aryl methyl sites for hydroxylation is 1. The monoisotopic (exact) mass is 343 g/mol. The third kappa shape index (κ3) is 3.39. The first-order chi connectivity index (χ1) is 10.8. The highest BCUT2D eigenvalue weighted by Gasteiger charge is 2.35. The number of amides is 2. The SMILES string of the molecule is Cc1nc2cc(NC(=O)Nc3nnc(C(F)(F)F)s3)ccc2o1. The minimum absolute atomic E-state index is 0.238. The third-order valence-corrected chi connectivity index (χ3v) is 3.52. The second-order valence-corrected chi connectivity index (χ2v) is 5.38. The first-order valence-electron chi connectivity index (χ1n) is 6.17. The highest BCUT2D eigenvalue weighted by molar-refractivity contribution is 7.15. The summed E-state index contributed by atoms with van der Waals surface area (Å²) in [5.41, 5.74) is 1.52. The molecular formula is C12H8F3N5O2S. The van der Waals surface area contributed by atoms with Crippen molar-refractivity contribution in [2.75, 3.05) is 10.6 Å². The van der Waals surface area contributed by atoms with Crippen LogP contribution in [0.5, 0.6) is 0 Å². The van der Waals surface area contributed by atoms with E-state index in [0.29, 0.717) is 22.7 Å². The minimum Gasteiger partial charge on any atom is -0.441 e. The van der Waals surface area contributed by atoms with Crippen molar-refractivity contribution in [3.05, 3.63) is 29.1 Å². The summed E-state index contributed by atoms with van der Waals surface area (Å²) in [6, 6.07) is 4.03. The van der Waals surface area contributed by atoms with Crippen LogP contribution < -0.4 is 10.6 Å². The van der Waals surface area contributed by atoms with E-state index in [1.54, 1.807) is 25.1 Å². The number of nitrogens with zero attached hydrogens (tertiary/aromatic N) is 3. The van der Waals surface area contributed by atoms with Gasteiger partial charge in [-0.15, -0.1) is 10.2 Å². The molecule has 0 fully saturated rings. The number of hydrogen-bond acceptors (Lipinski definition) is 6. The standard InChI is InChI=1S/C12H8F3N5O2S/c1-5-16-7-4-6(2-3-8(7)22-5)17-10(21)18-11-20-19-9(23-11)12(13,14)15/h2-4H,1H3,(H2,17,18,20,21). The average Bonchev–Trinajstić information content (AvgIpc) is 3.03. The van der Waals surface area contributed by atoms with Crippen LogP contribution in [0.15, 0.2) is 22.6 Å². The lowest BCUT2D eigenvalue weighted by Crippen LogP contribution is -2.19. The zero-order chi connectivity index (χ0) is 16.6. The van der Waals surface area contributed by atoms with E-state index in [2.05, 4.69) is 25.8 Å². The number of benzene rings is 1. The highest BCUT2D eigenvalue weighted by Crippen LogP contribution is 2.33. The molecular weight excluding hydrogens is 335 g/mol. The smallest absolute Gasteiger partial charge is 0.441 e. The van der Waals surface area contributed by atoms with Crippen molar-refractivity contribution in [3.63, 3.8) is 0 Å². The number of carbonyl (C=O) groups is 1. The van der Waals surface area contributed by atoms with Gasteiger partial charge in [-0.2, -0.15) is 13.2 Å². The van der Waals surface area contributed by atoms with E-state index in [0.717, 1.165) is 0 Å². The summed E-state index contributed by atoms with van der Waals surface area (Å²) in [7, 11) is 0. The van der Waals surface area contributed by atoms with Gasteiger partial charge in [0, 0.05) is 12.6 Å². The number of nitrogens with one attached hydrogen (secondary N) is 2. The molecule has 120 valence electrons. The summed E-state index contributed by atoms with van der Waals surface area (Å²) in [5, 5.41) is 9.50. The Balaban J connectivity index is 1.69. The number of aromatic nitrogens is 3. The summed E-state index contributed by atoms with van der Waals surface area (Å²) in [4.78, 5) is 15.9. The fourth-order valence-corrected chi connectivity index (χ4v) is 2.37. The second-order valence-electron chi connectivity index (χ2n) is 4.40. The second kappa shape index (κ2) is 5.50. The average molecular weight is 343 g/mol. The zero-order valence-corrected chi connectivity index (χ0v) is 12.2. The molecule has 3 rings (SSSR count). The molecule has 7 nitrogen and oxygen atoms in total. The van der Waals surface area contributed by atoms with E-state index in [9.17, 15) is 18.0 Å². The number of fused-ring (bicyclic) bond motifs is 1. The summed E-state index contributed by atoms with van der Waals surface area (Å²) in [6.45, 7) is 1.69. The van der Waals surface area contributed by atoms with Crippen molar-refractivity contribution >= 4 is 39.3 Å². The molecule has 0 atom stereocenters. The van der Waals surface area contributed by atoms with E-state index in [-0.39, 0.29) is 16.5 Å². The molecule has 0 spiro atoms. The molecule has 23 heavy (non-hydrogen) atoms. The summed E-state index contributed by atoms with van der Waals surface area (Å²) in [6.07, 6.45) is -4.59. The van der Waals surface area contributed by atoms with Crippen LogP contribution in [-0.4, -0.2) is 21.2 Å². The Morgan fingerprint density at radius 1 is 1.26 bits per heavy atom. The van der Waals surface area contributed by atoms with Gasteiger partial charge in [0.2, 0.25) is 10.1 Å². The van der Waals surface area contributed by atoms with Crippen molar-refractivity contribution in [3.8, 4) is 0 Å².